The van der Waals surface area contributed by atoms with Gasteiger partial charge in [0.2, 0.25) is 5.91 Å². The van der Waals surface area contributed by atoms with Gasteiger partial charge < -0.3 is 20.2 Å². The molecule has 0 spiro atoms. The van der Waals surface area contributed by atoms with Crippen molar-refractivity contribution in [2.75, 3.05) is 25.0 Å². The molecule has 7 heteroatoms. The highest BCUT2D eigenvalue weighted by Crippen LogP contribution is 2.21. The summed E-state index contributed by atoms with van der Waals surface area (Å²) in [5, 5.41) is 11.7. The number of nitrogens with zero attached hydrogens (tertiary/aromatic N) is 2. The minimum Gasteiger partial charge on any atom is -0.481 e. The predicted octanol–water partition coefficient (Wildman–Crippen LogP) is 2.07. The SMILES string of the molecule is CC(CN(C)C(=O)NCc1ccc(N2CCCCC2=O)cc1)C(=O)O. The van der Waals surface area contributed by atoms with Gasteiger partial charge in [-0.25, -0.2) is 4.79 Å². The highest BCUT2D eigenvalue weighted by Gasteiger charge is 2.19. The van der Waals surface area contributed by atoms with Crippen molar-refractivity contribution < 1.29 is 19.5 Å². The minimum atomic E-state index is -0.928. The van der Waals surface area contributed by atoms with Gasteiger partial charge in [-0.3, -0.25) is 9.59 Å². The molecule has 2 N–H and O–H groups in total. The normalized spacial score (nSPS) is 15.6. The summed E-state index contributed by atoms with van der Waals surface area (Å²) < 4.78 is 0. The molecule has 3 amide bonds. The molecule has 136 valence electrons. The predicted molar refractivity (Wildman–Crippen MR) is 94.3 cm³/mol. The Morgan fingerprint density at radius 3 is 2.56 bits per heavy atom. The van der Waals surface area contributed by atoms with Crippen molar-refractivity contribution in [1.82, 2.24) is 10.2 Å². The Morgan fingerprint density at radius 2 is 1.96 bits per heavy atom. The Kier molecular flexibility index (Phi) is 6.38. The molecule has 1 saturated heterocycles. The van der Waals surface area contributed by atoms with Crippen molar-refractivity contribution in [1.29, 1.82) is 0 Å². The third kappa shape index (κ3) is 5.20. The van der Waals surface area contributed by atoms with Crippen molar-refractivity contribution in [3.63, 3.8) is 0 Å². The van der Waals surface area contributed by atoms with Crippen LogP contribution in [0.2, 0.25) is 0 Å². The minimum absolute atomic E-state index is 0.150. The number of benzene rings is 1. The maximum Gasteiger partial charge on any atom is 0.317 e. The number of aliphatic carboxylic acids is 1. The van der Waals surface area contributed by atoms with Gasteiger partial charge in [0.25, 0.3) is 0 Å². The van der Waals surface area contributed by atoms with Crippen molar-refractivity contribution >= 4 is 23.6 Å². The zero-order valence-electron chi connectivity index (χ0n) is 14.7. The Balaban J connectivity index is 1.85. The largest absolute Gasteiger partial charge is 0.481 e. The van der Waals surface area contributed by atoms with Crippen LogP contribution in [0.3, 0.4) is 0 Å². The summed E-state index contributed by atoms with van der Waals surface area (Å²) in [5.41, 5.74) is 1.80. The van der Waals surface area contributed by atoms with E-state index in [1.165, 1.54) is 4.90 Å². The van der Waals surface area contributed by atoms with E-state index in [0.29, 0.717) is 13.0 Å². The van der Waals surface area contributed by atoms with Crippen LogP contribution in [-0.4, -0.2) is 48.1 Å². The van der Waals surface area contributed by atoms with Crippen molar-refractivity contribution in [3.05, 3.63) is 29.8 Å². The quantitative estimate of drug-likeness (QED) is 0.824. The molecule has 2 rings (SSSR count). The molecule has 1 fully saturated rings. The average Bonchev–Trinajstić information content (AvgIpc) is 2.60. The first-order chi connectivity index (χ1) is 11.9. The van der Waals surface area contributed by atoms with Gasteiger partial charge in [-0.1, -0.05) is 19.1 Å². The third-order valence-corrected chi connectivity index (χ3v) is 4.33. The van der Waals surface area contributed by atoms with Crippen LogP contribution in [0.15, 0.2) is 24.3 Å². The first kappa shape index (κ1) is 18.8. The van der Waals surface area contributed by atoms with Crippen LogP contribution in [0.25, 0.3) is 0 Å². The molecular formula is C18H25N3O4. The second-order valence-electron chi connectivity index (χ2n) is 6.45. The molecule has 0 aliphatic carbocycles. The number of carboxylic acids is 1. The number of hydrogen-bond donors (Lipinski definition) is 2. The van der Waals surface area contributed by atoms with Gasteiger partial charge in [-0.15, -0.1) is 0 Å². The third-order valence-electron chi connectivity index (χ3n) is 4.33. The maximum absolute atomic E-state index is 12.0. The molecule has 1 heterocycles. The molecule has 1 atom stereocenters. The molecule has 0 bridgehead atoms. The van der Waals surface area contributed by atoms with E-state index in [1.54, 1.807) is 18.9 Å². The number of nitrogens with one attached hydrogen (secondary N) is 1. The van der Waals surface area contributed by atoms with E-state index >= 15 is 0 Å². The number of carbonyl (C=O) groups is 3. The number of urea groups is 1. The summed E-state index contributed by atoms with van der Waals surface area (Å²) in [6.07, 6.45) is 2.57. The smallest absolute Gasteiger partial charge is 0.317 e. The zero-order chi connectivity index (χ0) is 18.4. The van der Waals surface area contributed by atoms with E-state index in [-0.39, 0.29) is 18.5 Å². The summed E-state index contributed by atoms with van der Waals surface area (Å²) in [7, 11) is 1.57. The Morgan fingerprint density at radius 1 is 1.28 bits per heavy atom. The van der Waals surface area contributed by atoms with Crippen LogP contribution in [0.4, 0.5) is 10.5 Å². The lowest BCUT2D eigenvalue weighted by atomic mass is 10.1. The lowest BCUT2D eigenvalue weighted by molar-refractivity contribution is -0.141. The van der Waals surface area contributed by atoms with Crippen LogP contribution in [0, 0.1) is 5.92 Å². The second-order valence-corrected chi connectivity index (χ2v) is 6.45. The molecule has 0 saturated carbocycles. The molecule has 1 aliphatic heterocycles. The van der Waals surface area contributed by atoms with Gasteiger partial charge in [0.15, 0.2) is 0 Å². The van der Waals surface area contributed by atoms with Gasteiger partial charge in [0.1, 0.15) is 0 Å². The number of carboxylic acid groups (broad SMARTS) is 1. The van der Waals surface area contributed by atoms with Gasteiger partial charge >= 0.3 is 12.0 Å². The van der Waals surface area contributed by atoms with Gasteiger partial charge in [0.05, 0.1) is 5.92 Å². The molecule has 25 heavy (non-hydrogen) atoms. The van der Waals surface area contributed by atoms with Crippen LogP contribution >= 0.6 is 0 Å². The Labute approximate surface area is 147 Å². The van der Waals surface area contributed by atoms with E-state index in [4.69, 9.17) is 5.11 Å². The molecule has 0 radical (unpaired) electrons. The number of rotatable bonds is 6. The van der Waals surface area contributed by atoms with Crippen LogP contribution < -0.4 is 10.2 Å². The number of carbonyl (C=O) groups excluding carboxylic acids is 2. The molecule has 1 aromatic carbocycles. The van der Waals surface area contributed by atoms with Crippen LogP contribution in [0.1, 0.15) is 31.7 Å². The zero-order valence-corrected chi connectivity index (χ0v) is 14.7. The second kappa shape index (κ2) is 8.50. The fourth-order valence-corrected chi connectivity index (χ4v) is 2.76. The van der Waals surface area contributed by atoms with Gasteiger partial charge in [-0.2, -0.15) is 0 Å². The standard InChI is InChI=1S/C18H25N3O4/c1-13(17(23)24)12-20(2)18(25)19-11-14-6-8-15(9-7-14)21-10-4-3-5-16(21)22/h6-9,13H,3-5,10-12H2,1-2H3,(H,19,25)(H,23,24). The van der Waals surface area contributed by atoms with Crippen molar-refractivity contribution in [3.8, 4) is 0 Å². The van der Waals surface area contributed by atoms with Gasteiger partial charge in [-0.05, 0) is 30.5 Å². The monoisotopic (exact) mass is 347 g/mol. The fourth-order valence-electron chi connectivity index (χ4n) is 2.76. The Hall–Kier alpha value is -2.57. The molecule has 0 aromatic heterocycles. The summed E-state index contributed by atoms with van der Waals surface area (Å²) >= 11 is 0. The van der Waals surface area contributed by atoms with E-state index in [1.807, 2.05) is 24.3 Å². The Bertz CT molecular complexity index is 630. The number of hydrogen-bond acceptors (Lipinski definition) is 3. The first-order valence-electron chi connectivity index (χ1n) is 8.49. The highest BCUT2D eigenvalue weighted by atomic mass is 16.4. The molecule has 1 aromatic rings. The van der Waals surface area contributed by atoms with E-state index < -0.39 is 11.9 Å². The van der Waals surface area contributed by atoms with E-state index in [0.717, 1.165) is 30.6 Å². The topological polar surface area (TPSA) is 90.0 Å². The van der Waals surface area contributed by atoms with E-state index in [2.05, 4.69) is 5.32 Å². The molecule has 1 aliphatic rings. The number of piperidine rings is 1. The highest BCUT2D eigenvalue weighted by molar-refractivity contribution is 5.93. The summed E-state index contributed by atoms with van der Waals surface area (Å²) in [4.78, 5) is 37.9. The molecular weight excluding hydrogens is 322 g/mol. The van der Waals surface area contributed by atoms with Gasteiger partial charge in [0, 0.05) is 38.8 Å². The number of anilines is 1. The van der Waals surface area contributed by atoms with Crippen molar-refractivity contribution in [2.45, 2.75) is 32.7 Å². The van der Waals surface area contributed by atoms with E-state index in [9.17, 15) is 14.4 Å². The first-order valence-corrected chi connectivity index (χ1v) is 8.49. The number of amides is 3. The van der Waals surface area contributed by atoms with Crippen LogP contribution in [-0.2, 0) is 16.1 Å². The van der Waals surface area contributed by atoms with Crippen molar-refractivity contribution in [2.24, 2.45) is 5.92 Å². The van der Waals surface area contributed by atoms with Crippen LogP contribution in [0.5, 0.6) is 0 Å². The fraction of sp³-hybridized carbons (Fsp3) is 0.500. The maximum atomic E-state index is 12.0. The summed E-state index contributed by atoms with van der Waals surface area (Å²) in [6, 6.07) is 7.24. The lowest BCUT2D eigenvalue weighted by Gasteiger charge is -2.27. The lowest BCUT2D eigenvalue weighted by Crippen LogP contribution is -2.40. The summed E-state index contributed by atoms with van der Waals surface area (Å²) in [5.74, 6) is -1.39. The average molecular weight is 347 g/mol. The molecule has 7 nitrogen and oxygen atoms in total. The molecule has 1 unspecified atom stereocenters. The summed E-state index contributed by atoms with van der Waals surface area (Å²) in [6.45, 7) is 2.81.